The van der Waals surface area contributed by atoms with E-state index >= 15 is 0 Å². The van der Waals surface area contributed by atoms with Crippen LogP contribution in [0.5, 0.6) is 0 Å². The highest BCUT2D eigenvalue weighted by Crippen LogP contribution is 2.32. The number of halogens is 1. The lowest BCUT2D eigenvalue weighted by Gasteiger charge is -2.35. The highest BCUT2D eigenvalue weighted by Gasteiger charge is 2.27. The maximum Gasteiger partial charge on any atom is 0.148 e. The van der Waals surface area contributed by atoms with Gasteiger partial charge in [-0.1, -0.05) is 42.5 Å². The molecule has 1 N–H and O–H groups in total. The quantitative estimate of drug-likeness (QED) is 0.590. The van der Waals surface area contributed by atoms with Crippen molar-refractivity contribution in [1.29, 1.82) is 0 Å². The Kier molecular flexibility index (Phi) is 6.42. The highest BCUT2D eigenvalue weighted by molar-refractivity contribution is 7.98. The van der Waals surface area contributed by atoms with Gasteiger partial charge in [0, 0.05) is 18.8 Å². The summed E-state index contributed by atoms with van der Waals surface area (Å²) in [5.74, 6) is 1.64. The van der Waals surface area contributed by atoms with Gasteiger partial charge in [-0.25, -0.2) is 9.37 Å². The number of aliphatic hydroxyl groups is 1. The van der Waals surface area contributed by atoms with Crippen molar-refractivity contribution in [2.24, 2.45) is 5.92 Å². The first kappa shape index (κ1) is 19.9. The molecule has 1 aromatic heterocycles. The number of nitrogens with zero attached hydrogens (tertiary/aromatic N) is 3. The number of thioether (sulfide) groups is 1. The molecule has 1 saturated heterocycles. The molecule has 0 radical (unpaired) electrons. The van der Waals surface area contributed by atoms with Gasteiger partial charge in [0.05, 0.1) is 18.5 Å². The number of aromatic nitrogens is 2. The number of aliphatic hydroxyl groups excluding tert-OH is 1. The van der Waals surface area contributed by atoms with Crippen molar-refractivity contribution >= 4 is 17.6 Å². The second-order valence-electron chi connectivity index (χ2n) is 7.31. The summed E-state index contributed by atoms with van der Waals surface area (Å²) in [7, 11) is 0. The number of rotatable bonds is 6. The number of benzene rings is 2. The van der Waals surface area contributed by atoms with Crippen LogP contribution in [0.4, 0.5) is 10.2 Å². The van der Waals surface area contributed by atoms with Crippen molar-refractivity contribution in [2.75, 3.05) is 18.0 Å². The Balaban J connectivity index is 1.34. The van der Waals surface area contributed by atoms with Gasteiger partial charge in [-0.3, -0.25) is 4.98 Å². The average Bonchev–Trinajstić information content (AvgIpc) is 2.79. The minimum Gasteiger partial charge on any atom is -0.388 e. The molecule has 150 valence electrons. The Bertz CT molecular complexity index is 915. The first-order valence-corrected chi connectivity index (χ1v) is 10.8. The molecule has 29 heavy (non-hydrogen) atoms. The van der Waals surface area contributed by atoms with E-state index in [-0.39, 0.29) is 11.7 Å². The molecule has 0 bridgehead atoms. The Hall–Kier alpha value is -2.44. The van der Waals surface area contributed by atoms with Gasteiger partial charge in [0.15, 0.2) is 0 Å². The molecule has 3 aromatic rings. The minimum atomic E-state index is -0.559. The normalized spacial score (nSPS) is 16.0. The van der Waals surface area contributed by atoms with Crippen molar-refractivity contribution in [1.82, 2.24) is 9.97 Å². The van der Waals surface area contributed by atoms with Crippen LogP contribution in [0, 0.1) is 11.7 Å². The molecule has 6 heteroatoms. The molecule has 0 aliphatic carbocycles. The zero-order chi connectivity index (χ0) is 20.1. The lowest BCUT2D eigenvalue weighted by molar-refractivity contribution is 0.0928. The van der Waals surface area contributed by atoms with E-state index in [1.54, 1.807) is 23.9 Å². The van der Waals surface area contributed by atoms with E-state index in [0.29, 0.717) is 0 Å². The van der Waals surface area contributed by atoms with Crippen LogP contribution in [-0.4, -0.2) is 28.2 Å². The standard InChI is InChI=1S/C23H24FN3OS/c24-20-8-6-18(7-9-20)23(28)19-10-12-27(13-11-19)21-14-25-15-22(26-21)29-16-17-4-2-1-3-5-17/h1-9,14-15,19,23,28H,10-13,16H2. The van der Waals surface area contributed by atoms with Crippen LogP contribution < -0.4 is 4.90 Å². The third-order valence-corrected chi connectivity index (χ3v) is 6.32. The fourth-order valence-corrected chi connectivity index (χ4v) is 4.47. The molecule has 1 fully saturated rings. The summed E-state index contributed by atoms with van der Waals surface area (Å²) < 4.78 is 13.1. The summed E-state index contributed by atoms with van der Waals surface area (Å²) in [4.78, 5) is 11.4. The number of anilines is 1. The molecule has 0 amide bonds. The number of hydrogen-bond acceptors (Lipinski definition) is 5. The topological polar surface area (TPSA) is 49.2 Å². The summed E-state index contributed by atoms with van der Waals surface area (Å²) >= 11 is 1.68. The molecular formula is C23H24FN3OS. The average molecular weight is 410 g/mol. The SMILES string of the molecule is OC(c1ccc(F)cc1)C1CCN(c2cncc(SCc3ccccc3)n2)CC1. The smallest absolute Gasteiger partial charge is 0.148 e. The van der Waals surface area contributed by atoms with Crippen LogP contribution in [0.1, 0.15) is 30.1 Å². The largest absolute Gasteiger partial charge is 0.388 e. The molecule has 2 heterocycles. The fraction of sp³-hybridized carbons (Fsp3) is 0.304. The Morgan fingerprint density at radius 3 is 2.48 bits per heavy atom. The summed E-state index contributed by atoms with van der Waals surface area (Å²) in [6.07, 6.45) is 4.78. The Labute approximate surface area is 174 Å². The van der Waals surface area contributed by atoms with Gasteiger partial charge in [0.1, 0.15) is 16.7 Å². The molecule has 4 nitrogen and oxygen atoms in total. The van der Waals surface area contributed by atoms with Crippen molar-refractivity contribution < 1.29 is 9.50 Å². The van der Waals surface area contributed by atoms with Gasteiger partial charge in [0.2, 0.25) is 0 Å². The van der Waals surface area contributed by atoms with Gasteiger partial charge in [-0.05, 0) is 42.0 Å². The van der Waals surface area contributed by atoms with E-state index in [2.05, 4.69) is 22.0 Å². The predicted molar refractivity (Wildman–Crippen MR) is 114 cm³/mol. The van der Waals surface area contributed by atoms with Gasteiger partial charge in [0.25, 0.3) is 0 Å². The molecule has 0 spiro atoms. The zero-order valence-corrected chi connectivity index (χ0v) is 16.9. The first-order chi connectivity index (χ1) is 14.2. The number of hydrogen-bond donors (Lipinski definition) is 1. The van der Waals surface area contributed by atoms with E-state index in [1.807, 2.05) is 30.6 Å². The van der Waals surface area contributed by atoms with E-state index in [0.717, 1.165) is 48.1 Å². The van der Waals surface area contributed by atoms with E-state index in [4.69, 9.17) is 4.98 Å². The maximum absolute atomic E-state index is 13.1. The van der Waals surface area contributed by atoms with E-state index in [9.17, 15) is 9.50 Å². The molecule has 0 saturated carbocycles. The van der Waals surface area contributed by atoms with Gasteiger partial charge >= 0.3 is 0 Å². The third-order valence-electron chi connectivity index (χ3n) is 5.35. The highest BCUT2D eigenvalue weighted by atomic mass is 32.2. The Morgan fingerprint density at radius 1 is 1.03 bits per heavy atom. The van der Waals surface area contributed by atoms with Crippen LogP contribution in [0.2, 0.25) is 0 Å². The summed E-state index contributed by atoms with van der Waals surface area (Å²) in [5, 5.41) is 11.6. The number of piperidine rings is 1. The van der Waals surface area contributed by atoms with E-state index in [1.165, 1.54) is 17.7 Å². The first-order valence-electron chi connectivity index (χ1n) is 9.86. The van der Waals surface area contributed by atoms with Crippen molar-refractivity contribution in [3.63, 3.8) is 0 Å². The molecule has 1 atom stereocenters. The summed E-state index contributed by atoms with van der Waals surface area (Å²) in [5.41, 5.74) is 2.05. The van der Waals surface area contributed by atoms with E-state index < -0.39 is 6.10 Å². The molecule has 1 unspecified atom stereocenters. The second-order valence-corrected chi connectivity index (χ2v) is 8.31. The van der Waals surface area contributed by atoms with Crippen molar-refractivity contribution in [2.45, 2.75) is 29.7 Å². The predicted octanol–water partition coefficient (Wildman–Crippen LogP) is 4.86. The summed E-state index contributed by atoms with van der Waals surface area (Å²) in [6, 6.07) is 16.5. The van der Waals surface area contributed by atoms with Crippen LogP contribution in [0.3, 0.4) is 0 Å². The minimum absolute atomic E-state index is 0.167. The molecule has 4 rings (SSSR count). The van der Waals surface area contributed by atoms with Crippen LogP contribution in [0.15, 0.2) is 72.0 Å². The monoisotopic (exact) mass is 409 g/mol. The van der Waals surface area contributed by atoms with Crippen molar-refractivity contribution in [3.05, 3.63) is 83.9 Å². The van der Waals surface area contributed by atoms with Gasteiger partial charge in [-0.15, -0.1) is 11.8 Å². The molecule has 1 aliphatic rings. The fourth-order valence-electron chi connectivity index (χ4n) is 3.67. The van der Waals surface area contributed by atoms with Gasteiger partial charge in [-0.2, -0.15) is 0 Å². The lowest BCUT2D eigenvalue weighted by atomic mass is 9.87. The molecular weight excluding hydrogens is 385 g/mol. The van der Waals surface area contributed by atoms with Gasteiger partial charge < -0.3 is 10.0 Å². The second kappa shape index (κ2) is 9.37. The van der Waals surface area contributed by atoms with Crippen LogP contribution in [-0.2, 0) is 5.75 Å². The Morgan fingerprint density at radius 2 is 1.76 bits per heavy atom. The zero-order valence-electron chi connectivity index (χ0n) is 16.1. The summed E-state index contributed by atoms with van der Waals surface area (Å²) in [6.45, 7) is 1.65. The maximum atomic E-state index is 13.1. The van der Waals surface area contributed by atoms with Crippen LogP contribution >= 0.6 is 11.8 Å². The molecule has 2 aromatic carbocycles. The third kappa shape index (κ3) is 5.14. The van der Waals surface area contributed by atoms with Crippen molar-refractivity contribution in [3.8, 4) is 0 Å². The molecule has 1 aliphatic heterocycles. The lowest BCUT2D eigenvalue weighted by Crippen LogP contribution is -2.36. The van der Waals surface area contributed by atoms with Crippen LogP contribution in [0.25, 0.3) is 0 Å².